The summed E-state index contributed by atoms with van der Waals surface area (Å²) in [6.45, 7) is 3.61. The Balaban J connectivity index is 1.70. The van der Waals surface area contributed by atoms with Gasteiger partial charge in [0.25, 0.3) is 11.8 Å². The summed E-state index contributed by atoms with van der Waals surface area (Å²) < 4.78 is 0. The molecule has 2 bridgehead atoms. The van der Waals surface area contributed by atoms with E-state index in [1.54, 1.807) is 24.2 Å². The first-order valence-corrected chi connectivity index (χ1v) is 9.74. The average molecular weight is 403 g/mol. The van der Waals surface area contributed by atoms with Gasteiger partial charge >= 0.3 is 0 Å². The van der Waals surface area contributed by atoms with Crippen LogP contribution in [0.5, 0.6) is 0 Å². The van der Waals surface area contributed by atoms with E-state index in [2.05, 4.69) is 25.8 Å². The number of amides is 2. The molecule has 0 fully saturated rings. The van der Waals surface area contributed by atoms with Crippen molar-refractivity contribution in [3.63, 3.8) is 0 Å². The normalized spacial score (nSPS) is 18.1. The molecule has 0 radical (unpaired) electrons. The molecule has 0 saturated heterocycles. The third kappa shape index (κ3) is 3.00. The van der Waals surface area contributed by atoms with Gasteiger partial charge in [-0.2, -0.15) is 5.10 Å². The molecule has 5 rings (SSSR count). The molecule has 0 saturated carbocycles. The van der Waals surface area contributed by atoms with E-state index in [0.29, 0.717) is 47.8 Å². The first-order chi connectivity index (χ1) is 14.5. The van der Waals surface area contributed by atoms with Crippen LogP contribution in [-0.2, 0) is 11.3 Å². The number of carbonyl (C=O) groups is 2. The Morgan fingerprint density at radius 2 is 2.03 bits per heavy atom. The molecule has 2 aliphatic rings. The number of aryl methyl sites for hydroxylation is 1. The van der Waals surface area contributed by atoms with Gasteiger partial charge in [-0.05, 0) is 31.2 Å². The van der Waals surface area contributed by atoms with Crippen LogP contribution in [0.1, 0.15) is 33.1 Å². The zero-order valence-electron chi connectivity index (χ0n) is 16.7. The minimum Gasteiger partial charge on any atom is -0.358 e. The number of hydrogen-bond donors (Lipinski definition) is 4. The summed E-state index contributed by atoms with van der Waals surface area (Å²) in [5.74, 6) is -0.350. The molecule has 3 aromatic heterocycles. The number of nitrogens with one attached hydrogen (secondary N) is 4. The van der Waals surface area contributed by atoms with E-state index in [-0.39, 0.29) is 11.8 Å². The monoisotopic (exact) mass is 403 g/mol. The first kappa shape index (κ1) is 18.3. The zero-order valence-corrected chi connectivity index (χ0v) is 16.7. The number of pyridine rings is 1. The van der Waals surface area contributed by atoms with E-state index < -0.39 is 0 Å². The minimum atomic E-state index is -0.243. The van der Waals surface area contributed by atoms with Crippen LogP contribution in [0, 0.1) is 6.92 Å². The van der Waals surface area contributed by atoms with E-state index in [9.17, 15) is 9.59 Å². The summed E-state index contributed by atoms with van der Waals surface area (Å²) >= 11 is 0. The Kier molecular flexibility index (Phi) is 4.25. The summed E-state index contributed by atoms with van der Waals surface area (Å²) in [4.78, 5) is 35.3. The molecule has 3 aromatic rings. The van der Waals surface area contributed by atoms with Crippen molar-refractivity contribution in [3.8, 4) is 11.3 Å². The lowest BCUT2D eigenvalue weighted by Crippen LogP contribution is -2.34. The van der Waals surface area contributed by atoms with Gasteiger partial charge in [0.15, 0.2) is 0 Å². The van der Waals surface area contributed by atoms with Gasteiger partial charge in [-0.25, -0.2) is 4.98 Å². The molecule has 0 aliphatic carbocycles. The molecule has 0 atom stereocenters. The van der Waals surface area contributed by atoms with Crippen LogP contribution >= 0.6 is 0 Å². The van der Waals surface area contributed by atoms with Gasteiger partial charge in [0.2, 0.25) is 0 Å². The van der Waals surface area contributed by atoms with Crippen LogP contribution in [0.3, 0.4) is 0 Å². The fourth-order valence-corrected chi connectivity index (χ4v) is 3.83. The quantitative estimate of drug-likeness (QED) is 0.456. The number of H-pyrrole nitrogens is 2. The summed E-state index contributed by atoms with van der Waals surface area (Å²) in [6, 6.07) is 5.53. The van der Waals surface area contributed by atoms with Crippen molar-refractivity contribution in [2.45, 2.75) is 13.5 Å². The molecule has 152 valence electrons. The summed E-state index contributed by atoms with van der Waals surface area (Å²) in [5.41, 5.74) is 6.11. The molecule has 0 unspecified atom stereocenters. The van der Waals surface area contributed by atoms with Gasteiger partial charge in [-0.1, -0.05) is 0 Å². The van der Waals surface area contributed by atoms with Gasteiger partial charge < -0.3 is 20.5 Å². The molecule has 30 heavy (non-hydrogen) atoms. The molecule has 2 aliphatic heterocycles. The number of anilines is 1. The maximum absolute atomic E-state index is 13.0. The highest BCUT2D eigenvalue weighted by molar-refractivity contribution is 6.34. The lowest BCUT2D eigenvalue weighted by Gasteiger charge is -2.17. The van der Waals surface area contributed by atoms with E-state index >= 15 is 0 Å². The van der Waals surface area contributed by atoms with E-state index in [1.807, 2.05) is 25.1 Å². The first-order valence-electron chi connectivity index (χ1n) is 9.74. The van der Waals surface area contributed by atoms with Crippen molar-refractivity contribution >= 4 is 29.2 Å². The maximum Gasteiger partial charge on any atom is 0.258 e. The van der Waals surface area contributed by atoms with Gasteiger partial charge in [-0.15, -0.1) is 0 Å². The summed E-state index contributed by atoms with van der Waals surface area (Å²) in [5, 5.41) is 13.4. The molecule has 4 N–H and O–H groups in total. The molecule has 0 aromatic carbocycles. The lowest BCUT2D eigenvalue weighted by atomic mass is 10.1. The Morgan fingerprint density at radius 1 is 1.17 bits per heavy atom. The SMILES string of the molecule is Cc1cc2c([nH]1)/C=C1\C(=O)Nc3ccc(nc31)-c1cn[nH]c1CNCCN(C)C2=O. The molecule has 2 amide bonds. The largest absolute Gasteiger partial charge is 0.358 e. The van der Waals surface area contributed by atoms with Crippen molar-refractivity contribution in [2.24, 2.45) is 0 Å². The Hall–Kier alpha value is -3.72. The minimum absolute atomic E-state index is 0.106. The smallest absolute Gasteiger partial charge is 0.258 e. The van der Waals surface area contributed by atoms with E-state index in [0.717, 1.165) is 22.6 Å². The van der Waals surface area contributed by atoms with Crippen molar-refractivity contribution < 1.29 is 9.59 Å². The maximum atomic E-state index is 13.0. The highest BCUT2D eigenvalue weighted by Gasteiger charge is 2.28. The predicted octanol–water partition coefficient (Wildman–Crippen LogP) is 1.78. The number of hydrogen-bond acceptors (Lipinski definition) is 5. The molecule has 9 nitrogen and oxygen atoms in total. The number of aromatic nitrogens is 4. The Bertz CT molecular complexity index is 1200. The third-order valence-corrected chi connectivity index (χ3v) is 5.41. The Labute approximate surface area is 172 Å². The lowest BCUT2D eigenvalue weighted by molar-refractivity contribution is -0.110. The summed E-state index contributed by atoms with van der Waals surface area (Å²) in [7, 11) is 1.77. The van der Waals surface area contributed by atoms with Gasteiger partial charge in [0, 0.05) is 37.9 Å². The number of carbonyl (C=O) groups excluding carboxylic acids is 2. The standard InChI is InChI=1S/C21H21N7O2/c1-11-7-12-17(24-11)8-13-19-16(26-20(13)29)4-3-15(25-19)14-9-23-27-18(14)10-22-5-6-28(2)21(12)30/h3-4,7-9,22,24H,5-6,10H2,1-2H3,(H,23,27)(H,26,29)/b13-8-. The second-order valence-electron chi connectivity index (χ2n) is 7.55. The fourth-order valence-electron chi connectivity index (χ4n) is 3.83. The van der Waals surface area contributed by atoms with Crippen LogP contribution in [0.4, 0.5) is 5.69 Å². The van der Waals surface area contributed by atoms with Crippen LogP contribution in [0.2, 0.25) is 0 Å². The zero-order chi connectivity index (χ0) is 20.8. The molecular weight excluding hydrogens is 382 g/mol. The predicted molar refractivity (Wildman–Crippen MR) is 113 cm³/mol. The average Bonchev–Trinajstić information content (AvgIpc) is 3.41. The van der Waals surface area contributed by atoms with Gasteiger partial charge in [0.1, 0.15) is 5.69 Å². The summed E-state index contributed by atoms with van der Waals surface area (Å²) in [6.07, 6.45) is 3.44. The molecule has 0 spiro atoms. The number of aromatic amines is 2. The Morgan fingerprint density at radius 3 is 2.90 bits per heavy atom. The van der Waals surface area contributed by atoms with Crippen molar-refractivity contribution in [2.75, 3.05) is 25.5 Å². The van der Waals surface area contributed by atoms with Gasteiger partial charge in [-0.3, -0.25) is 14.7 Å². The van der Waals surface area contributed by atoms with E-state index in [4.69, 9.17) is 4.98 Å². The highest BCUT2D eigenvalue weighted by Crippen LogP contribution is 2.34. The third-order valence-electron chi connectivity index (χ3n) is 5.41. The van der Waals surface area contributed by atoms with Crippen LogP contribution in [0.25, 0.3) is 22.9 Å². The fraction of sp³-hybridized carbons (Fsp3) is 0.238. The molecule has 9 heteroatoms. The molecule has 5 heterocycles. The van der Waals surface area contributed by atoms with Crippen LogP contribution in [-0.4, -0.2) is 57.0 Å². The van der Waals surface area contributed by atoms with E-state index in [1.165, 1.54) is 0 Å². The number of rotatable bonds is 0. The number of nitrogens with zero attached hydrogens (tertiary/aromatic N) is 3. The number of likely N-dealkylation sites (N-methyl/N-ethyl adjacent to an activating group) is 1. The van der Waals surface area contributed by atoms with Crippen molar-refractivity contribution in [1.29, 1.82) is 0 Å². The second kappa shape index (κ2) is 6.96. The topological polar surface area (TPSA) is 119 Å². The van der Waals surface area contributed by atoms with Gasteiger partial charge in [0.05, 0.1) is 40.1 Å². The van der Waals surface area contributed by atoms with Crippen molar-refractivity contribution in [1.82, 2.24) is 30.4 Å². The molecular formula is C21H21N7O2. The van der Waals surface area contributed by atoms with Crippen LogP contribution in [0.15, 0.2) is 24.4 Å². The highest BCUT2D eigenvalue weighted by atomic mass is 16.2. The van der Waals surface area contributed by atoms with Crippen LogP contribution < -0.4 is 10.6 Å². The van der Waals surface area contributed by atoms with Crippen molar-refractivity contribution in [3.05, 3.63) is 52.7 Å². The second-order valence-corrected chi connectivity index (χ2v) is 7.55. The number of fused-ring (bicyclic) bond motifs is 4.